The van der Waals surface area contributed by atoms with Crippen molar-refractivity contribution in [3.05, 3.63) is 65.7 Å². The van der Waals surface area contributed by atoms with Gasteiger partial charge in [-0.05, 0) is 11.6 Å². The summed E-state index contributed by atoms with van der Waals surface area (Å²) < 4.78 is 0. The molecule has 2 aromatic rings. The molecule has 0 bridgehead atoms. The Morgan fingerprint density at radius 2 is 1.64 bits per heavy atom. The number of anilines is 1. The van der Waals surface area contributed by atoms with E-state index < -0.39 is 17.7 Å². The lowest BCUT2D eigenvalue weighted by atomic mass is 9.82. The largest absolute Gasteiger partial charge is 0.365 e. The Morgan fingerprint density at radius 3 is 2.36 bits per heavy atom. The zero-order valence-corrected chi connectivity index (χ0v) is 14.0. The summed E-state index contributed by atoms with van der Waals surface area (Å²) in [5.41, 5.74) is 0.495. The number of hydrogen-bond acceptors (Lipinski definition) is 3. The molecule has 6 nitrogen and oxygen atoms in total. The molecule has 1 fully saturated rings. The predicted molar refractivity (Wildman–Crippen MR) is 92.9 cm³/mol. The number of fused-ring (bicyclic) bond motifs is 1. The summed E-state index contributed by atoms with van der Waals surface area (Å²) in [5.74, 6) is -0.865. The fourth-order valence-electron chi connectivity index (χ4n) is 4.02. The quantitative estimate of drug-likeness (QED) is 0.879. The number of nitrogens with zero attached hydrogens (tertiary/aromatic N) is 2. The van der Waals surface area contributed by atoms with Crippen LogP contribution in [0.5, 0.6) is 0 Å². The maximum Gasteiger partial charge on any atom is 0.322 e. The number of carbonyl (C=O) groups excluding carboxylic acids is 2. The summed E-state index contributed by atoms with van der Waals surface area (Å²) in [6.07, 6.45) is 0. The average Bonchev–Trinajstić information content (AvgIpc) is 3.04. The number of benzene rings is 2. The van der Waals surface area contributed by atoms with E-state index in [-0.39, 0.29) is 11.9 Å². The second-order valence-corrected chi connectivity index (χ2v) is 6.54. The molecule has 3 atom stereocenters. The highest BCUT2D eigenvalue weighted by Crippen LogP contribution is 2.47. The Kier molecular flexibility index (Phi) is 3.33. The second-order valence-electron chi connectivity index (χ2n) is 6.54. The number of carbonyl (C=O) groups is 2. The number of nitrogens with one attached hydrogen (secondary N) is 1. The van der Waals surface area contributed by atoms with Gasteiger partial charge in [-0.25, -0.2) is 4.79 Å². The SMILES string of the molecule is CN1C(=O)N(C)C(O)(c2ccccc2)C1C1C(=O)Nc2ccccc21. The lowest BCUT2D eigenvalue weighted by Crippen LogP contribution is -2.51. The van der Waals surface area contributed by atoms with Crippen molar-refractivity contribution in [1.29, 1.82) is 0 Å². The molecule has 128 valence electrons. The van der Waals surface area contributed by atoms with Gasteiger partial charge in [-0.1, -0.05) is 48.5 Å². The highest BCUT2D eigenvalue weighted by Gasteiger charge is 2.60. The first kappa shape index (κ1) is 15.7. The van der Waals surface area contributed by atoms with E-state index in [4.69, 9.17) is 0 Å². The van der Waals surface area contributed by atoms with Gasteiger partial charge in [0.05, 0.1) is 5.92 Å². The molecule has 2 aromatic carbocycles. The third-order valence-electron chi connectivity index (χ3n) is 5.28. The Balaban J connectivity index is 1.90. The van der Waals surface area contributed by atoms with E-state index in [1.165, 1.54) is 9.80 Å². The van der Waals surface area contributed by atoms with Crippen LogP contribution in [0, 0.1) is 0 Å². The fourth-order valence-corrected chi connectivity index (χ4v) is 4.02. The topological polar surface area (TPSA) is 72.9 Å². The molecular formula is C19H19N3O3. The zero-order chi connectivity index (χ0) is 17.8. The summed E-state index contributed by atoms with van der Waals surface area (Å²) in [5, 5.41) is 14.5. The molecule has 0 radical (unpaired) electrons. The first-order chi connectivity index (χ1) is 12.0. The lowest BCUT2D eigenvalue weighted by molar-refractivity contribution is -0.126. The van der Waals surface area contributed by atoms with Crippen molar-refractivity contribution >= 4 is 17.6 Å². The van der Waals surface area contributed by atoms with Gasteiger partial charge in [0.15, 0.2) is 5.72 Å². The van der Waals surface area contributed by atoms with Crippen LogP contribution in [-0.4, -0.2) is 47.0 Å². The number of hydrogen-bond donors (Lipinski definition) is 2. The van der Waals surface area contributed by atoms with Crippen LogP contribution in [0.1, 0.15) is 17.0 Å². The summed E-state index contributed by atoms with van der Waals surface area (Å²) in [6, 6.07) is 15.3. The van der Waals surface area contributed by atoms with Crippen LogP contribution in [0.3, 0.4) is 0 Å². The van der Waals surface area contributed by atoms with E-state index in [0.717, 1.165) is 11.3 Å². The highest BCUT2D eigenvalue weighted by molar-refractivity contribution is 6.04. The maximum atomic E-state index is 12.7. The molecule has 0 aliphatic carbocycles. The number of rotatable bonds is 2. The van der Waals surface area contributed by atoms with Crippen LogP contribution in [0.4, 0.5) is 10.5 Å². The molecule has 2 heterocycles. The normalized spacial score (nSPS) is 28.3. The third-order valence-corrected chi connectivity index (χ3v) is 5.28. The summed E-state index contributed by atoms with van der Waals surface area (Å²) in [7, 11) is 3.18. The van der Waals surface area contributed by atoms with Crippen molar-refractivity contribution in [1.82, 2.24) is 9.80 Å². The van der Waals surface area contributed by atoms with Crippen molar-refractivity contribution in [2.24, 2.45) is 0 Å². The molecule has 25 heavy (non-hydrogen) atoms. The van der Waals surface area contributed by atoms with Gasteiger partial charge in [0.1, 0.15) is 6.04 Å². The van der Waals surface area contributed by atoms with Gasteiger partial charge in [-0.2, -0.15) is 0 Å². The monoisotopic (exact) mass is 337 g/mol. The van der Waals surface area contributed by atoms with Gasteiger partial charge >= 0.3 is 6.03 Å². The van der Waals surface area contributed by atoms with Gasteiger partial charge in [-0.15, -0.1) is 0 Å². The van der Waals surface area contributed by atoms with Gasteiger partial charge in [0.2, 0.25) is 5.91 Å². The molecular weight excluding hydrogens is 318 g/mol. The Bertz CT molecular complexity index is 854. The maximum absolute atomic E-state index is 12.7. The molecule has 2 aliphatic rings. The van der Waals surface area contributed by atoms with Crippen LogP contribution in [0.25, 0.3) is 0 Å². The van der Waals surface area contributed by atoms with Crippen LogP contribution in [-0.2, 0) is 10.5 Å². The lowest BCUT2D eigenvalue weighted by Gasteiger charge is -2.37. The van der Waals surface area contributed by atoms with Crippen LogP contribution in [0.15, 0.2) is 54.6 Å². The number of para-hydroxylation sites is 1. The van der Waals surface area contributed by atoms with E-state index in [1.807, 2.05) is 42.5 Å². The smallest absolute Gasteiger partial charge is 0.322 e. The first-order valence-corrected chi connectivity index (χ1v) is 8.14. The van der Waals surface area contributed by atoms with Gasteiger partial charge in [0.25, 0.3) is 0 Å². The molecule has 3 amide bonds. The molecule has 6 heteroatoms. The van der Waals surface area contributed by atoms with Crippen molar-refractivity contribution in [2.45, 2.75) is 17.7 Å². The number of aliphatic hydroxyl groups is 1. The Morgan fingerprint density at radius 1 is 1.00 bits per heavy atom. The Hall–Kier alpha value is -2.86. The second kappa shape index (κ2) is 5.32. The molecule has 1 saturated heterocycles. The van der Waals surface area contributed by atoms with E-state index in [1.54, 1.807) is 26.2 Å². The van der Waals surface area contributed by atoms with Crippen molar-refractivity contribution in [3.63, 3.8) is 0 Å². The van der Waals surface area contributed by atoms with Crippen molar-refractivity contribution in [3.8, 4) is 0 Å². The standard InChI is InChI=1S/C19H19N3O3/c1-21-16(15-13-10-6-7-11-14(13)20-17(15)23)19(25,22(2)18(21)24)12-8-4-3-5-9-12/h3-11,15-16,25H,1-2H3,(H,20,23). The van der Waals surface area contributed by atoms with Crippen LogP contribution in [0.2, 0.25) is 0 Å². The molecule has 3 unspecified atom stereocenters. The van der Waals surface area contributed by atoms with Crippen LogP contribution < -0.4 is 5.32 Å². The fraction of sp³-hybridized carbons (Fsp3) is 0.263. The third kappa shape index (κ3) is 2.01. The molecule has 0 saturated carbocycles. The minimum absolute atomic E-state index is 0.212. The van der Waals surface area contributed by atoms with Crippen molar-refractivity contribution in [2.75, 3.05) is 19.4 Å². The number of likely N-dealkylation sites (N-methyl/N-ethyl adjacent to an activating group) is 2. The van der Waals surface area contributed by atoms with Crippen molar-refractivity contribution < 1.29 is 14.7 Å². The van der Waals surface area contributed by atoms with Gasteiger partial charge < -0.3 is 15.3 Å². The van der Waals surface area contributed by atoms with Crippen LogP contribution >= 0.6 is 0 Å². The number of amides is 3. The van der Waals surface area contributed by atoms with Gasteiger partial charge in [0, 0.05) is 25.3 Å². The molecule has 4 rings (SSSR count). The Labute approximate surface area is 145 Å². The summed E-state index contributed by atoms with van der Waals surface area (Å²) >= 11 is 0. The zero-order valence-electron chi connectivity index (χ0n) is 14.0. The predicted octanol–water partition coefficient (Wildman–Crippen LogP) is 1.93. The molecule has 0 aromatic heterocycles. The van der Waals surface area contributed by atoms with E-state index in [0.29, 0.717) is 5.56 Å². The highest BCUT2D eigenvalue weighted by atomic mass is 16.3. The van der Waals surface area contributed by atoms with E-state index in [2.05, 4.69) is 5.32 Å². The van der Waals surface area contributed by atoms with E-state index >= 15 is 0 Å². The molecule has 2 N–H and O–H groups in total. The minimum Gasteiger partial charge on any atom is -0.365 e. The van der Waals surface area contributed by atoms with E-state index in [9.17, 15) is 14.7 Å². The molecule has 2 aliphatic heterocycles. The van der Waals surface area contributed by atoms with Gasteiger partial charge in [-0.3, -0.25) is 9.69 Å². The molecule has 0 spiro atoms. The first-order valence-electron chi connectivity index (χ1n) is 8.14. The average molecular weight is 337 g/mol. The summed E-state index contributed by atoms with van der Waals surface area (Å²) in [6.45, 7) is 0. The minimum atomic E-state index is -1.60. The summed E-state index contributed by atoms with van der Waals surface area (Å²) in [4.78, 5) is 28.1. The number of urea groups is 1.